The molecule has 12 heteroatoms. The van der Waals surface area contributed by atoms with E-state index >= 15 is 0 Å². The molecule has 1 aromatic heterocycles. The number of piperazine rings is 1. The fourth-order valence-corrected chi connectivity index (χ4v) is 4.64. The van der Waals surface area contributed by atoms with Crippen molar-refractivity contribution in [3.63, 3.8) is 0 Å². The molecule has 0 saturated carbocycles. The summed E-state index contributed by atoms with van der Waals surface area (Å²) in [5.74, 6) is 0.516. The van der Waals surface area contributed by atoms with E-state index in [1.807, 2.05) is 4.90 Å². The van der Waals surface area contributed by atoms with E-state index in [1.54, 1.807) is 0 Å². The largest absolute Gasteiger partial charge is 0.446 e. The van der Waals surface area contributed by atoms with Crippen LogP contribution in [0.15, 0.2) is 12.4 Å². The maximum atomic E-state index is 11.9. The first-order valence-corrected chi connectivity index (χ1v) is 11.0. The number of carbonyl (C=O) groups is 2. The molecule has 4 heterocycles. The van der Waals surface area contributed by atoms with Crippen LogP contribution in [0.3, 0.4) is 0 Å². The van der Waals surface area contributed by atoms with Crippen molar-refractivity contribution in [2.45, 2.75) is 31.7 Å². The smallest absolute Gasteiger partial charge is 0.358 e. The van der Waals surface area contributed by atoms with Gasteiger partial charge < -0.3 is 9.08 Å². The first-order chi connectivity index (χ1) is 13.8. The number of rotatable bonds is 5. The third-order valence-corrected chi connectivity index (χ3v) is 6.10. The van der Waals surface area contributed by atoms with Crippen LogP contribution in [0.2, 0.25) is 0 Å². The molecule has 158 valence electrons. The Balaban J connectivity index is 1.32. The minimum absolute atomic E-state index is 0.0551. The van der Waals surface area contributed by atoms with Crippen molar-refractivity contribution in [1.29, 1.82) is 0 Å². The Morgan fingerprint density at radius 3 is 2.41 bits per heavy atom. The third kappa shape index (κ3) is 4.65. The van der Waals surface area contributed by atoms with Gasteiger partial charge in [-0.2, -0.15) is 8.42 Å². The molecule has 3 aliphatic rings. The van der Waals surface area contributed by atoms with Crippen LogP contribution in [0, 0.1) is 5.92 Å². The van der Waals surface area contributed by atoms with Gasteiger partial charge in [0.25, 0.3) is 0 Å². The second-order valence-corrected chi connectivity index (χ2v) is 8.69. The minimum Gasteiger partial charge on any atom is -0.358 e. The van der Waals surface area contributed by atoms with Crippen molar-refractivity contribution in [3.8, 4) is 5.75 Å². The van der Waals surface area contributed by atoms with E-state index in [9.17, 15) is 18.0 Å². The van der Waals surface area contributed by atoms with E-state index in [0.717, 1.165) is 32.5 Å². The number of hydrogen-bond acceptors (Lipinski definition) is 9. The van der Waals surface area contributed by atoms with Gasteiger partial charge in [-0.3, -0.25) is 23.9 Å². The lowest BCUT2D eigenvalue weighted by Gasteiger charge is -2.46. The molecule has 0 spiro atoms. The zero-order chi connectivity index (χ0) is 20.6. The highest BCUT2D eigenvalue weighted by molar-refractivity contribution is 7.81. The van der Waals surface area contributed by atoms with Gasteiger partial charge in [-0.1, -0.05) is 0 Å². The third-order valence-electron chi connectivity index (χ3n) is 5.70. The number of carbonyl (C=O) groups excluding carboxylic acids is 2. The molecule has 29 heavy (non-hydrogen) atoms. The van der Waals surface area contributed by atoms with Gasteiger partial charge in [0.1, 0.15) is 0 Å². The van der Waals surface area contributed by atoms with Crippen molar-refractivity contribution in [1.82, 2.24) is 19.8 Å². The highest BCUT2D eigenvalue weighted by Crippen LogP contribution is 2.28. The number of anilines is 1. The van der Waals surface area contributed by atoms with Crippen LogP contribution in [-0.2, 0) is 20.0 Å². The molecule has 0 radical (unpaired) electrons. The van der Waals surface area contributed by atoms with Crippen LogP contribution in [-0.4, -0.2) is 83.3 Å². The number of fused-ring (bicyclic) bond motifs is 1. The van der Waals surface area contributed by atoms with Gasteiger partial charge in [0.15, 0.2) is 5.75 Å². The van der Waals surface area contributed by atoms with Gasteiger partial charge in [0.05, 0.1) is 12.4 Å². The van der Waals surface area contributed by atoms with Crippen LogP contribution in [0.4, 0.5) is 5.95 Å². The molecule has 2 atom stereocenters. The Kier molecular flexibility index (Phi) is 5.40. The monoisotopic (exact) mass is 425 g/mol. The van der Waals surface area contributed by atoms with Gasteiger partial charge in [0.2, 0.25) is 17.8 Å². The number of piperidine rings is 1. The molecule has 11 nitrogen and oxygen atoms in total. The van der Waals surface area contributed by atoms with Crippen molar-refractivity contribution in [2.24, 2.45) is 5.92 Å². The summed E-state index contributed by atoms with van der Waals surface area (Å²) in [7, 11) is -4.60. The summed E-state index contributed by atoms with van der Waals surface area (Å²) in [6, 6.07) is 0.335. The number of likely N-dealkylation sites (tertiary alicyclic amines) is 1. The molecule has 0 aliphatic carbocycles. The van der Waals surface area contributed by atoms with Crippen LogP contribution in [0.1, 0.15) is 25.7 Å². The summed E-state index contributed by atoms with van der Waals surface area (Å²) in [6.45, 7) is 3.65. The molecule has 0 aromatic carbocycles. The van der Waals surface area contributed by atoms with Crippen LogP contribution < -0.4 is 9.08 Å². The summed E-state index contributed by atoms with van der Waals surface area (Å²) in [6.07, 6.45) is 5.00. The van der Waals surface area contributed by atoms with Gasteiger partial charge >= 0.3 is 10.4 Å². The molecule has 3 fully saturated rings. The second kappa shape index (κ2) is 7.84. The molecule has 4 rings (SSSR count). The molecule has 0 bridgehead atoms. The first kappa shape index (κ1) is 20.0. The summed E-state index contributed by atoms with van der Waals surface area (Å²) in [5.41, 5.74) is 0. The van der Waals surface area contributed by atoms with E-state index in [2.05, 4.69) is 19.1 Å². The van der Waals surface area contributed by atoms with Gasteiger partial charge in [-0.15, -0.1) is 0 Å². The van der Waals surface area contributed by atoms with E-state index in [0.29, 0.717) is 43.8 Å². The lowest BCUT2D eigenvalue weighted by Crippen LogP contribution is -2.57. The Hall–Kier alpha value is -2.31. The minimum atomic E-state index is -4.60. The van der Waals surface area contributed by atoms with Crippen molar-refractivity contribution >= 4 is 28.2 Å². The fraction of sp³-hybridized carbons (Fsp3) is 0.647. The van der Waals surface area contributed by atoms with E-state index in [-0.39, 0.29) is 17.6 Å². The highest BCUT2D eigenvalue weighted by Gasteiger charge is 2.37. The zero-order valence-electron chi connectivity index (χ0n) is 15.8. The molecule has 2 amide bonds. The summed E-state index contributed by atoms with van der Waals surface area (Å²) in [5, 5.41) is 0. The summed E-state index contributed by atoms with van der Waals surface area (Å²) >= 11 is 0. The molecule has 3 aliphatic heterocycles. The SMILES string of the molecule is O=C1CCC(=O)N1C[C@@H]1CC[C@H]2CN(c3ncc(OS(=O)(=O)O)cn3)CCN2C1. The number of nitrogens with zero attached hydrogens (tertiary/aromatic N) is 5. The molecule has 3 saturated heterocycles. The number of amides is 2. The number of hydrogen-bond donors (Lipinski definition) is 1. The molecule has 1 N–H and O–H groups in total. The van der Waals surface area contributed by atoms with E-state index in [4.69, 9.17) is 4.55 Å². The zero-order valence-corrected chi connectivity index (χ0v) is 16.6. The average Bonchev–Trinajstić information content (AvgIpc) is 2.99. The molecule has 0 unspecified atom stereocenters. The van der Waals surface area contributed by atoms with E-state index in [1.165, 1.54) is 17.3 Å². The molecular weight excluding hydrogens is 402 g/mol. The lowest BCUT2D eigenvalue weighted by atomic mass is 9.90. The highest BCUT2D eigenvalue weighted by atomic mass is 32.3. The maximum Gasteiger partial charge on any atom is 0.446 e. The summed E-state index contributed by atoms with van der Waals surface area (Å²) < 4.78 is 34.5. The van der Waals surface area contributed by atoms with Crippen LogP contribution in [0.25, 0.3) is 0 Å². The fourth-order valence-electron chi connectivity index (χ4n) is 4.31. The first-order valence-electron chi connectivity index (χ1n) is 9.59. The average molecular weight is 425 g/mol. The number of aromatic nitrogens is 2. The van der Waals surface area contributed by atoms with Crippen LogP contribution >= 0.6 is 0 Å². The Morgan fingerprint density at radius 1 is 1.07 bits per heavy atom. The van der Waals surface area contributed by atoms with Crippen molar-refractivity contribution in [3.05, 3.63) is 12.4 Å². The maximum absolute atomic E-state index is 11.9. The normalized spacial score (nSPS) is 26.0. The molecule has 1 aromatic rings. The molecular formula is C17H23N5O6S. The number of imide groups is 1. The predicted molar refractivity (Wildman–Crippen MR) is 100 cm³/mol. The standard InChI is InChI=1S/C17H23N5O6S/c23-15-3-4-16(24)22(15)10-12-1-2-13-11-21(6-5-20(13)9-12)17-18-7-14(8-19-17)28-29(25,26)27/h7-8,12-13H,1-6,9-11H2,(H,25,26,27)/t12-,13+/m1/s1. The topological polar surface area (TPSA) is 133 Å². The van der Waals surface area contributed by atoms with Crippen molar-refractivity contribution in [2.75, 3.05) is 37.6 Å². The Labute approximate surface area is 168 Å². The van der Waals surface area contributed by atoms with Gasteiger partial charge in [-0.25, -0.2) is 9.97 Å². The van der Waals surface area contributed by atoms with Gasteiger partial charge in [0, 0.05) is 51.6 Å². The lowest BCUT2D eigenvalue weighted by molar-refractivity contribution is -0.139. The van der Waals surface area contributed by atoms with Gasteiger partial charge in [-0.05, 0) is 18.8 Å². The Morgan fingerprint density at radius 2 is 1.76 bits per heavy atom. The second-order valence-electron chi connectivity index (χ2n) is 7.67. The quantitative estimate of drug-likeness (QED) is 0.495. The summed E-state index contributed by atoms with van der Waals surface area (Å²) in [4.78, 5) is 37.8. The van der Waals surface area contributed by atoms with E-state index < -0.39 is 10.4 Å². The van der Waals surface area contributed by atoms with Crippen molar-refractivity contribution < 1.29 is 26.7 Å². The van der Waals surface area contributed by atoms with Crippen LogP contribution in [0.5, 0.6) is 5.75 Å². The Bertz CT molecular complexity index is 876. The predicted octanol–water partition coefficient (Wildman–Crippen LogP) is -0.292.